The number of anilines is 1. The van der Waals surface area contributed by atoms with E-state index in [0.29, 0.717) is 22.6 Å². The predicted octanol–water partition coefficient (Wildman–Crippen LogP) is 3.33. The first-order valence-corrected chi connectivity index (χ1v) is 7.32. The van der Waals surface area contributed by atoms with E-state index in [1.54, 1.807) is 43.3 Å². The summed E-state index contributed by atoms with van der Waals surface area (Å²) in [5.74, 6) is -0.982. The normalized spacial score (nSPS) is 11.5. The summed E-state index contributed by atoms with van der Waals surface area (Å²) in [6.07, 6.45) is -1.02. The topological polar surface area (TPSA) is 64.6 Å². The molecule has 1 unspecified atom stereocenters. The van der Waals surface area contributed by atoms with Crippen LogP contribution in [0.3, 0.4) is 0 Å². The van der Waals surface area contributed by atoms with Crippen molar-refractivity contribution in [3.05, 3.63) is 59.4 Å². The van der Waals surface area contributed by atoms with Gasteiger partial charge in [0.15, 0.2) is 6.10 Å². The van der Waals surface area contributed by atoms with E-state index in [1.165, 1.54) is 20.1 Å². The van der Waals surface area contributed by atoms with E-state index < -0.39 is 23.8 Å². The summed E-state index contributed by atoms with van der Waals surface area (Å²) in [6, 6.07) is 10.7. The minimum absolute atomic E-state index is 0.301. The molecule has 126 valence electrons. The summed E-state index contributed by atoms with van der Waals surface area (Å²) < 4.78 is 23.6. The standard InChI is InChI=1S/C18H18FNO4/c1-11-4-7-14(10-16(11)19)20-17(21)12(2)24-18(22)13-5-8-15(23-3)9-6-13/h4-10,12H,1-3H3,(H,20,21). The lowest BCUT2D eigenvalue weighted by atomic mass is 10.2. The first kappa shape index (κ1) is 17.5. The molecule has 0 heterocycles. The number of amides is 1. The van der Waals surface area contributed by atoms with E-state index >= 15 is 0 Å². The molecule has 0 saturated heterocycles. The van der Waals surface area contributed by atoms with Gasteiger partial charge in [-0.05, 0) is 55.8 Å². The lowest BCUT2D eigenvalue weighted by Gasteiger charge is -2.14. The Balaban J connectivity index is 1.97. The van der Waals surface area contributed by atoms with Crippen LogP contribution in [0.1, 0.15) is 22.8 Å². The van der Waals surface area contributed by atoms with Gasteiger partial charge in [0.25, 0.3) is 5.91 Å². The van der Waals surface area contributed by atoms with Gasteiger partial charge in [0.2, 0.25) is 0 Å². The minimum atomic E-state index is -1.02. The number of hydrogen-bond acceptors (Lipinski definition) is 4. The molecule has 0 bridgehead atoms. The first-order chi connectivity index (χ1) is 11.4. The molecule has 0 saturated carbocycles. The molecule has 5 nitrogen and oxygen atoms in total. The van der Waals surface area contributed by atoms with E-state index in [4.69, 9.17) is 9.47 Å². The highest BCUT2D eigenvalue weighted by Gasteiger charge is 2.19. The van der Waals surface area contributed by atoms with Crippen molar-refractivity contribution in [2.45, 2.75) is 20.0 Å². The molecule has 0 aliphatic heterocycles. The maximum Gasteiger partial charge on any atom is 0.338 e. The maximum absolute atomic E-state index is 13.5. The summed E-state index contributed by atoms with van der Waals surface area (Å²) in [4.78, 5) is 24.1. The van der Waals surface area contributed by atoms with Gasteiger partial charge in [0, 0.05) is 5.69 Å². The zero-order valence-corrected chi connectivity index (χ0v) is 13.6. The monoisotopic (exact) mass is 331 g/mol. The second kappa shape index (κ2) is 7.59. The Hall–Kier alpha value is -2.89. The quantitative estimate of drug-likeness (QED) is 0.854. The van der Waals surface area contributed by atoms with E-state index in [1.807, 2.05) is 0 Å². The van der Waals surface area contributed by atoms with Gasteiger partial charge in [-0.2, -0.15) is 0 Å². The van der Waals surface area contributed by atoms with Crippen molar-refractivity contribution in [3.63, 3.8) is 0 Å². The van der Waals surface area contributed by atoms with E-state index in [2.05, 4.69) is 5.32 Å². The minimum Gasteiger partial charge on any atom is -0.497 e. The van der Waals surface area contributed by atoms with Crippen LogP contribution in [0.15, 0.2) is 42.5 Å². The third-order valence-corrected chi connectivity index (χ3v) is 3.42. The van der Waals surface area contributed by atoms with Gasteiger partial charge in [-0.25, -0.2) is 9.18 Å². The Morgan fingerprint density at radius 3 is 2.38 bits per heavy atom. The van der Waals surface area contributed by atoms with Crippen molar-refractivity contribution in [1.82, 2.24) is 0 Å². The van der Waals surface area contributed by atoms with Gasteiger partial charge in [-0.3, -0.25) is 4.79 Å². The Morgan fingerprint density at radius 2 is 1.79 bits per heavy atom. The Morgan fingerprint density at radius 1 is 1.12 bits per heavy atom. The second-order valence-corrected chi connectivity index (χ2v) is 5.23. The number of carbonyl (C=O) groups is 2. The number of methoxy groups -OCH3 is 1. The summed E-state index contributed by atoms with van der Waals surface area (Å²) >= 11 is 0. The molecular formula is C18H18FNO4. The smallest absolute Gasteiger partial charge is 0.338 e. The second-order valence-electron chi connectivity index (χ2n) is 5.23. The van der Waals surface area contributed by atoms with Crippen LogP contribution in [0.5, 0.6) is 5.75 Å². The summed E-state index contributed by atoms with van der Waals surface area (Å²) in [7, 11) is 1.52. The van der Waals surface area contributed by atoms with E-state index in [9.17, 15) is 14.0 Å². The molecule has 0 radical (unpaired) electrons. The van der Waals surface area contributed by atoms with E-state index in [-0.39, 0.29) is 0 Å². The van der Waals surface area contributed by atoms with Crippen molar-refractivity contribution >= 4 is 17.6 Å². The molecular weight excluding hydrogens is 313 g/mol. The predicted molar refractivity (Wildman–Crippen MR) is 87.6 cm³/mol. The average molecular weight is 331 g/mol. The van der Waals surface area contributed by atoms with Crippen LogP contribution < -0.4 is 10.1 Å². The van der Waals surface area contributed by atoms with E-state index in [0.717, 1.165) is 0 Å². The molecule has 0 spiro atoms. The number of esters is 1. The maximum atomic E-state index is 13.5. The molecule has 24 heavy (non-hydrogen) atoms. The Kier molecular flexibility index (Phi) is 5.52. The van der Waals surface area contributed by atoms with Crippen LogP contribution in [0.25, 0.3) is 0 Å². The highest BCUT2D eigenvalue weighted by atomic mass is 19.1. The van der Waals surface area contributed by atoms with Crippen molar-refractivity contribution in [2.75, 3.05) is 12.4 Å². The Labute approximate surface area is 139 Å². The number of benzene rings is 2. The third-order valence-electron chi connectivity index (χ3n) is 3.42. The highest BCUT2D eigenvalue weighted by molar-refractivity contribution is 5.97. The number of ether oxygens (including phenoxy) is 2. The fraction of sp³-hybridized carbons (Fsp3) is 0.222. The van der Waals surface area contributed by atoms with Crippen molar-refractivity contribution in [1.29, 1.82) is 0 Å². The van der Waals surface area contributed by atoms with Crippen LogP contribution in [-0.2, 0) is 9.53 Å². The molecule has 0 aromatic heterocycles. The zero-order chi connectivity index (χ0) is 17.7. The average Bonchev–Trinajstić information content (AvgIpc) is 2.58. The molecule has 1 atom stereocenters. The molecule has 2 rings (SSSR count). The summed E-state index contributed by atoms with van der Waals surface area (Å²) in [5, 5.41) is 2.51. The molecule has 1 N–H and O–H groups in total. The third kappa shape index (κ3) is 4.32. The summed E-state index contributed by atoms with van der Waals surface area (Å²) in [6.45, 7) is 3.07. The van der Waals surface area contributed by atoms with Crippen molar-refractivity contribution in [2.24, 2.45) is 0 Å². The van der Waals surface area contributed by atoms with Crippen molar-refractivity contribution < 1.29 is 23.5 Å². The number of nitrogens with one attached hydrogen (secondary N) is 1. The van der Waals surface area contributed by atoms with Gasteiger partial charge >= 0.3 is 5.97 Å². The molecule has 2 aromatic rings. The number of rotatable bonds is 5. The molecule has 2 aromatic carbocycles. The zero-order valence-electron chi connectivity index (χ0n) is 13.6. The van der Waals surface area contributed by atoms with Gasteiger partial charge in [-0.15, -0.1) is 0 Å². The van der Waals surface area contributed by atoms with Gasteiger partial charge in [-0.1, -0.05) is 6.07 Å². The van der Waals surface area contributed by atoms with Crippen LogP contribution in [0.2, 0.25) is 0 Å². The molecule has 6 heteroatoms. The van der Waals surface area contributed by atoms with Gasteiger partial charge in [0.1, 0.15) is 11.6 Å². The first-order valence-electron chi connectivity index (χ1n) is 7.32. The fourth-order valence-electron chi connectivity index (χ4n) is 1.92. The van der Waals surface area contributed by atoms with Gasteiger partial charge < -0.3 is 14.8 Å². The molecule has 0 fully saturated rings. The molecule has 1 amide bonds. The lowest BCUT2D eigenvalue weighted by molar-refractivity contribution is -0.123. The number of hydrogen-bond donors (Lipinski definition) is 1. The highest BCUT2D eigenvalue weighted by Crippen LogP contribution is 2.15. The fourth-order valence-corrected chi connectivity index (χ4v) is 1.92. The van der Waals surface area contributed by atoms with Crippen LogP contribution in [0.4, 0.5) is 10.1 Å². The lowest BCUT2D eigenvalue weighted by Crippen LogP contribution is -2.30. The number of carbonyl (C=O) groups excluding carboxylic acids is 2. The Bertz CT molecular complexity index is 743. The summed E-state index contributed by atoms with van der Waals surface area (Å²) in [5.41, 5.74) is 1.08. The van der Waals surface area contributed by atoms with Crippen LogP contribution in [-0.4, -0.2) is 25.1 Å². The van der Waals surface area contributed by atoms with Crippen LogP contribution in [0, 0.1) is 12.7 Å². The van der Waals surface area contributed by atoms with Gasteiger partial charge in [0.05, 0.1) is 12.7 Å². The number of aryl methyl sites for hydroxylation is 1. The number of halogens is 1. The SMILES string of the molecule is COc1ccc(C(=O)OC(C)C(=O)Nc2ccc(C)c(F)c2)cc1. The molecule has 0 aliphatic carbocycles. The largest absolute Gasteiger partial charge is 0.497 e. The molecule has 0 aliphatic rings. The van der Waals surface area contributed by atoms with Crippen LogP contribution >= 0.6 is 0 Å². The van der Waals surface area contributed by atoms with Crippen molar-refractivity contribution in [3.8, 4) is 5.75 Å².